The van der Waals surface area contributed by atoms with Crippen molar-refractivity contribution in [1.82, 2.24) is 10.3 Å². The third-order valence-corrected chi connectivity index (χ3v) is 3.48. The van der Waals surface area contributed by atoms with Gasteiger partial charge in [0.2, 0.25) is 5.91 Å². The lowest BCUT2D eigenvalue weighted by Gasteiger charge is -2.18. The Morgan fingerprint density at radius 3 is 2.88 bits per heavy atom. The summed E-state index contributed by atoms with van der Waals surface area (Å²) in [4.78, 5) is 15.8. The van der Waals surface area contributed by atoms with Gasteiger partial charge in [-0.15, -0.1) is 11.3 Å². The SMILES string of the molecule is CC(CNC(=O)CCC(C)(C)N)c1nccs1. The van der Waals surface area contributed by atoms with Crippen LogP contribution in [0.1, 0.15) is 44.5 Å². The molecular formula is C12H21N3OS. The summed E-state index contributed by atoms with van der Waals surface area (Å²) in [6.07, 6.45) is 2.97. The first-order valence-corrected chi connectivity index (χ1v) is 6.71. The number of rotatable bonds is 6. The van der Waals surface area contributed by atoms with Gasteiger partial charge in [-0.2, -0.15) is 0 Å². The van der Waals surface area contributed by atoms with Gasteiger partial charge in [0.25, 0.3) is 0 Å². The quantitative estimate of drug-likeness (QED) is 0.815. The summed E-state index contributed by atoms with van der Waals surface area (Å²) in [7, 11) is 0. The Balaban J connectivity index is 2.24. The average Bonchev–Trinajstić information content (AvgIpc) is 2.75. The Labute approximate surface area is 107 Å². The van der Waals surface area contributed by atoms with E-state index in [0.29, 0.717) is 19.4 Å². The van der Waals surface area contributed by atoms with Crippen LogP contribution in [0, 0.1) is 0 Å². The molecule has 0 radical (unpaired) electrons. The third kappa shape index (κ3) is 5.79. The molecule has 96 valence electrons. The van der Waals surface area contributed by atoms with Crippen molar-refractivity contribution in [3.8, 4) is 0 Å². The maximum Gasteiger partial charge on any atom is 0.220 e. The summed E-state index contributed by atoms with van der Waals surface area (Å²) in [5.41, 5.74) is 5.55. The number of hydrogen-bond donors (Lipinski definition) is 2. The van der Waals surface area contributed by atoms with Crippen molar-refractivity contribution >= 4 is 17.2 Å². The Morgan fingerprint density at radius 1 is 1.65 bits per heavy atom. The number of thiazole rings is 1. The Morgan fingerprint density at radius 2 is 2.35 bits per heavy atom. The third-order valence-electron chi connectivity index (χ3n) is 2.47. The first kappa shape index (κ1) is 14.1. The fourth-order valence-corrected chi connectivity index (χ4v) is 2.05. The maximum atomic E-state index is 11.6. The monoisotopic (exact) mass is 255 g/mol. The molecule has 0 bridgehead atoms. The summed E-state index contributed by atoms with van der Waals surface area (Å²) < 4.78 is 0. The van der Waals surface area contributed by atoms with E-state index in [0.717, 1.165) is 5.01 Å². The summed E-state index contributed by atoms with van der Waals surface area (Å²) in [6.45, 7) is 6.56. The first-order chi connectivity index (χ1) is 7.88. The average molecular weight is 255 g/mol. The van der Waals surface area contributed by atoms with Crippen LogP contribution < -0.4 is 11.1 Å². The lowest BCUT2D eigenvalue weighted by Crippen LogP contribution is -2.35. The Kier molecular flexibility index (Phi) is 5.08. The normalized spacial score (nSPS) is 13.4. The van der Waals surface area contributed by atoms with E-state index in [1.165, 1.54) is 0 Å². The van der Waals surface area contributed by atoms with Crippen LogP contribution in [0.3, 0.4) is 0 Å². The summed E-state index contributed by atoms with van der Waals surface area (Å²) in [5, 5.41) is 5.92. The fourth-order valence-electron chi connectivity index (χ4n) is 1.36. The minimum atomic E-state index is -0.280. The van der Waals surface area contributed by atoms with E-state index < -0.39 is 0 Å². The van der Waals surface area contributed by atoms with Crippen LogP contribution in [-0.4, -0.2) is 23.0 Å². The van der Waals surface area contributed by atoms with E-state index in [4.69, 9.17) is 5.73 Å². The van der Waals surface area contributed by atoms with Crippen LogP contribution in [0.25, 0.3) is 0 Å². The van der Waals surface area contributed by atoms with Crippen LogP contribution in [-0.2, 0) is 4.79 Å². The van der Waals surface area contributed by atoms with Gasteiger partial charge in [-0.3, -0.25) is 4.79 Å². The van der Waals surface area contributed by atoms with Gasteiger partial charge in [0.15, 0.2) is 0 Å². The molecule has 0 fully saturated rings. The molecule has 1 aromatic rings. The zero-order valence-corrected chi connectivity index (χ0v) is 11.5. The van der Waals surface area contributed by atoms with Crippen molar-refractivity contribution in [2.45, 2.75) is 45.1 Å². The van der Waals surface area contributed by atoms with Crippen LogP contribution in [0.5, 0.6) is 0 Å². The predicted molar refractivity (Wildman–Crippen MR) is 71.0 cm³/mol. The van der Waals surface area contributed by atoms with Gasteiger partial charge in [0, 0.05) is 36.0 Å². The summed E-state index contributed by atoms with van der Waals surface area (Å²) >= 11 is 1.62. The van der Waals surface area contributed by atoms with E-state index in [2.05, 4.69) is 17.2 Å². The highest BCUT2D eigenvalue weighted by molar-refractivity contribution is 7.09. The number of nitrogens with one attached hydrogen (secondary N) is 1. The second-order valence-electron chi connectivity index (χ2n) is 5.06. The lowest BCUT2D eigenvalue weighted by atomic mass is 10.00. The molecule has 0 aliphatic rings. The molecule has 17 heavy (non-hydrogen) atoms. The number of carbonyl (C=O) groups excluding carboxylic acids is 1. The first-order valence-electron chi connectivity index (χ1n) is 5.83. The molecule has 0 saturated carbocycles. The van der Waals surface area contributed by atoms with Crippen molar-refractivity contribution in [2.75, 3.05) is 6.54 Å². The fraction of sp³-hybridized carbons (Fsp3) is 0.667. The standard InChI is InChI=1S/C12H21N3OS/c1-9(11-14-6-7-17-11)8-15-10(16)4-5-12(2,3)13/h6-7,9H,4-5,8,13H2,1-3H3,(H,15,16). The number of carbonyl (C=O) groups is 1. The van der Waals surface area contributed by atoms with E-state index >= 15 is 0 Å². The van der Waals surface area contributed by atoms with Gasteiger partial charge in [0.05, 0.1) is 5.01 Å². The van der Waals surface area contributed by atoms with E-state index in [-0.39, 0.29) is 17.4 Å². The summed E-state index contributed by atoms with van der Waals surface area (Å²) in [6, 6.07) is 0. The van der Waals surface area contributed by atoms with Crippen molar-refractivity contribution in [3.63, 3.8) is 0 Å². The molecule has 5 heteroatoms. The molecule has 0 aliphatic heterocycles. The van der Waals surface area contributed by atoms with E-state index in [9.17, 15) is 4.79 Å². The van der Waals surface area contributed by atoms with Crippen LogP contribution in [0.4, 0.5) is 0 Å². The van der Waals surface area contributed by atoms with Crippen molar-refractivity contribution in [2.24, 2.45) is 5.73 Å². The smallest absolute Gasteiger partial charge is 0.220 e. The Hall–Kier alpha value is -0.940. The minimum absolute atomic E-state index is 0.0620. The van der Waals surface area contributed by atoms with Crippen molar-refractivity contribution in [1.29, 1.82) is 0 Å². The van der Waals surface area contributed by atoms with Crippen LogP contribution in [0.15, 0.2) is 11.6 Å². The van der Waals surface area contributed by atoms with Crippen LogP contribution >= 0.6 is 11.3 Å². The highest BCUT2D eigenvalue weighted by atomic mass is 32.1. The second-order valence-corrected chi connectivity index (χ2v) is 5.99. The number of aromatic nitrogens is 1. The van der Waals surface area contributed by atoms with E-state index in [1.807, 2.05) is 19.2 Å². The number of amides is 1. The molecule has 1 heterocycles. The van der Waals surface area contributed by atoms with Gasteiger partial charge >= 0.3 is 0 Å². The van der Waals surface area contributed by atoms with Gasteiger partial charge in [-0.05, 0) is 20.3 Å². The van der Waals surface area contributed by atoms with Crippen LogP contribution in [0.2, 0.25) is 0 Å². The molecule has 0 saturated heterocycles. The Bertz CT molecular complexity index is 343. The number of nitrogens with zero attached hydrogens (tertiary/aromatic N) is 1. The highest BCUT2D eigenvalue weighted by Crippen LogP contribution is 2.16. The molecule has 1 rings (SSSR count). The molecule has 0 spiro atoms. The van der Waals surface area contributed by atoms with Gasteiger partial charge < -0.3 is 11.1 Å². The molecule has 1 aromatic heterocycles. The topological polar surface area (TPSA) is 68.0 Å². The zero-order valence-electron chi connectivity index (χ0n) is 10.7. The van der Waals surface area contributed by atoms with E-state index in [1.54, 1.807) is 17.5 Å². The maximum absolute atomic E-state index is 11.6. The minimum Gasteiger partial charge on any atom is -0.355 e. The molecule has 0 aromatic carbocycles. The molecule has 1 unspecified atom stereocenters. The van der Waals surface area contributed by atoms with Crippen molar-refractivity contribution < 1.29 is 4.79 Å². The zero-order chi connectivity index (χ0) is 12.9. The molecule has 0 aliphatic carbocycles. The van der Waals surface area contributed by atoms with Gasteiger partial charge in [-0.1, -0.05) is 6.92 Å². The second kappa shape index (κ2) is 6.12. The van der Waals surface area contributed by atoms with Crippen molar-refractivity contribution in [3.05, 3.63) is 16.6 Å². The molecule has 1 atom stereocenters. The van der Waals surface area contributed by atoms with Gasteiger partial charge in [-0.25, -0.2) is 4.98 Å². The highest BCUT2D eigenvalue weighted by Gasteiger charge is 2.14. The largest absolute Gasteiger partial charge is 0.355 e. The molecular weight excluding hydrogens is 234 g/mol. The molecule has 4 nitrogen and oxygen atoms in total. The molecule has 1 amide bonds. The summed E-state index contributed by atoms with van der Waals surface area (Å²) in [5.74, 6) is 0.330. The predicted octanol–water partition coefficient (Wildman–Crippen LogP) is 1.88. The molecule has 3 N–H and O–H groups in total. The number of nitrogens with two attached hydrogens (primary N) is 1. The van der Waals surface area contributed by atoms with Gasteiger partial charge in [0.1, 0.15) is 0 Å². The lowest BCUT2D eigenvalue weighted by molar-refractivity contribution is -0.121. The number of hydrogen-bond acceptors (Lipinski definition) is 4.